The third-order valence-electron chi connectivity index (χ3n) is 5.15. The molecule has 3 aromatic rings. The van der Waals surface area contributed by atoms with Crippen molar-refractivity contribution in [3.8, 4) is 11.4 Å². The van der Waals surface area contributed by atoms with E-state index in [1.807, 2.05) is 30.3 Å². The van der Waals surface area contributed by atoms with Crippen LogP contribution in [0.2, 0.25) is 5.02 Å². The number of nitrogens with one attached hydrogen (secondary N) is 1. The van der Waals surface area contributed by atoms with E-state index in [1.165, 1.54) is 33.5 Å². The number of hydrogen-bond donors (Lipinski definition) is 1. The summed E-state index contributed by atoms with van der Waals surface area (Å²) in [5.41, 5.74) is 0.747. The van der Waals surface area contributed by atoms with E-state index < -0.39 is 27.6 Å². The maximum absolute atomic E-state index is 13.3. The lowest BCUT2D eigenvalue weighted by molar-refractivity contribution is 0.0189. The number of anilines is 1. The molecule has 0 aliphatic heterocycles. The van der Waals surface area contributed by atoms with Gasteiger partial charge in [0.15, 0.2) is 11.6 Å². The Labute approximate surface area is 203 Å². The lowest BCUT2D eigenvalue weighted by atomic mass is 10.2. The zero-order valence-electron chi connectivity index (χ0n) is 19.3. The zero-order valence-corrected chi connectivity index (χ0v) is 20.8. The monoisotopic (exact) mass is 510 g/mol. The fraction of sp³-hybridized carbons (Fsp3) is 0.429. The molecule has 0 radical (unpaired) electrons. The summed E-state index contributed by atoms with van der Waals surface area (Å²) in [5.74, 6) is 0.629. The highest BCUT2D eigenvalue weighted by Gasteiger charge is 2.35. The van der Waals surface area contributed by atoms with Gasteiger partial charge in [-0.25, -0.2) is 18.4 Å². The Hall–Kier alpha value is -2.64. The minimum Gasteiger partial charge on any atom is -0.385 e. The molecule has 1 N–H and O–H groups in total. The maximum Gasteiger partial charge on any atom is 0.240 e. The Morgan fingerprint density at radius 1 is 1.06 bits per heavy atom. The quantitative estimate of drug-likeness (QED) is 0.390. The summed E-state index contributed by atoms with van der Waals surface area (Å²) >= 11 is 5.85. The first kappa shape index (κ1) is 26.0. The summed E-state index contributed by atoms with van der Waals surface area (Å²) in [4.78, 5) is 8.20. The van der Waals surface area contributed by atoms with Crippen LogP contribution in [0.25, 0.3) is 11.4 Å². The molecule has 0 aliphatic carbocycles. The van der Waals surface area contributed by atoms with Gasteiger partial charge >= 0.3 is 0 Å². The number of ether oxygens (including phenoxy) is 3. The van der Waals surface area contributed by atoms with Gasteiger partial charge in [-0.15, -0.1) is 10.2 Å². The van der Waals surface area contributed by atoms with Crippen LogP contribution in [0.4, 0.5) is 5.95 Å². The summed E-state index contributed by atoms with van der Waals surface area (Å²) < 4.78 is 47.1. The van der Waals surface area contributed by atoms with Crippen LogP contribution >= 0.6 is 11.6 Å². The molecule has 184 valence electrons. The van der Waals surface area contributed by atoms with Crippen molar-refractivity contribution in [3.05, 3.63) is 53.6 Å². The smallest absolute Gasteiger partial charge is 0.240 e. The third-order valence-corrected chi connectivity index (χ3v) is 7.04. The molecule has 2 aromatic heterocycles. The summed E-state index contributed by atoms with van der Waals surface area (Å²) in [6.45, 7) is 1.87. The Morgan fingerprint density at radius 3 is 2.32 bits per heavy atom. The highest BCUT2D eigenvalue weighted by Crippen LogP contribution is 2.30. The topological polar surface area (TPSA) is 130 Å². The molecule has 1 unspecified atom stereocenters. The second-order valence-corrected chi connectivity index (χ2v) is 9.80. The average Bonchev–Trinajstić information content (AvgIpc) is 3.24. The molecule has 13 heteroatoms. The lowest BCUT2D eigenvalue weighted by Crippen LogP contribution is -2.34. The number of benzene rings is 1. The van der Waals surface area contributed by atoms with E-state index in [0.717, 1.165) is 5.56 Å². The largest absolute Gasteiger partial charge is 0.385 e. The fourth-order valence-corrected chi connectivity index (χ4v) is 4.58. The van der Waals surface area contributed by atoms with Crippen molar-refractivity contribution in [3.63, 3.8) is 0 Å². The zero-order chi connectivity index (χ0) is 24.7. The standard InChI is InChI=1S/C21H27ClN6O5S/c1-14(18(33-4)19-23-12-16(22)13-24-19)34(29,30)27-21-26-25-20(15-8-6-5-7-9-15)28(21)17(32-3)10-11-31-2/h5-9,12-14,17-18H,10-11H2,1-4H3,(H,26,27)/t14-,17?,18-/m0/s1. The van der Waals surface area contributed by atoms with Gasteiger partial charge < -0.3 is 14.2 Å². The van der Waals surface area contributed by atoms with E-state index in [1.54, 1.807) is 11.7 Å². The van der Waals surface area contributed by atoms with Gasteiger partial charge in [0.2, 0.25) is 16.0 Å². The highest BCUT2D eigenvalue weighted by molar-refractivity contribution is 7.93. The molecule has 3 rings (SSSR count). The number of methoxy groups -OCH3 is 3. The first-order valence-corrected chi connectivity index (χ1v) is 12.3. The van der Waals surface area contributed by atoms with Crippen molar-refractivity contribution in [2.24, 2.45) is 0 Å². The molecular weight excluding hydrogens is 484 g/mol. The SMILES string of the molecule is COCCC(OC)n1c(NS(=O)(=O)[C@@H](C)[C@H](OC)c2ncc(Cl)cn2)nnc1-c1ccccc1. The van der Waals surface area contributed by atoms with Crippen molar-refractivity contribution in [2.75, 3.05) is 32.7 Å². The predicted octanol–water partition coefficient (Wildman–Crippen LogP) is 3.09. The Kier molecular flexibility index (Phi) is 8.91. The molecule has 3 atom stereocenters. The molecule has 0 saturated heterocycles. The van der Waals surface area contributed by atoms with Crippen LogP contribution in [0, 0.1) is 0 Å². The van der Waals surface area contributed by atoms with Crippen LogP contribution in [0.5, 0.6) is 0 Å². The van der Waals surface area contributed by atoms with Crippen LogP contribution in [0.3, 0.4) is 0 Å². The van der Waals surface area contributed by atoms with Crippen LogP contribution in [0.1, 0.15) is 31.5 Å². The minimum atomic E-state index is -4.03. The van der Waals surface area contributed by atoms with E-state index in [0.29, 0.717) is 23.9 Å². The predicted molar refractivity (Wildman–Crippen MR) is 127 cm³/mol. The molecule has 0 spiro atoms. The van der Waals surface area contributed by atoms with Crippen molar-refractivity contribution in [1.29, 1.82) is 0 Å². The molecule has 1 aromatic carbocycles. The highest BCUT2D eigenvalue weighted by atomic mass is 35.5. The van der Waals surface area contributed by atoms with E-state index >= 15 is 0 Å². The molecule has 0 saturated carbocycles. The number of aromatic nitrogens is 5. The molecule has 2 heterocycles. The molecule has 11 nitrogen and oxygen atoms in total. The maximum atomic E-state index is 13.3. The van der Waals surface area contributed by atoms with E-state index in [2.05, 4.69) is 24.9 Å². The number of hydrogen-bond acceptors (Lipinski definition) is 9. The fourth-order valence-electron chi connectivity index (χ4n) is 3.35. The van der Waals surface area contributed by atoms with Gasteiger partial charge in [-0.1, -0.05) is 41.9 Å². The van der Waals surface area contributed by atoms with Gasteiger partial charge in [-0.05, 0) is 6.92 Å². The van der Waals surface area contributed by atoms with E-state index in [4.69, 9.17) is 25.8 Å². The molecular formula is C21H27ClN6O5S. The summed E-state index contributed by atoms with van der Waals surface area (Å²) in [6, 6.07) is 9.28. The molecule has 0 amide bonds. The first-order chi connectivity index (χ1) is 16.3. The average molecular weight is 511 g/mol. The van der Waals surface area contributed by atoms with Gasteiger partial charge in [0.05, 0.1) is 11.6 Å². The van der Waals surface area contributed by atoms with E-state index in [-0.39, 0.29) is 11.8 Å². The molecule has 34 heavy (non-hydrogen) atoms. The van der Waals surface area contributed by atoms with Crippen molar-refractivity contribution < 1.29 is 22.6 Å². The Balaban J connectivity index is 1.98. The first-order valence-electron chi connectivity index (χ1n) is 10.4. The second-order valence-electron chi connectivity index (χ2n) is 7.32. The Morgan fingerprint density at radius 2 is 1.74 bits per heavy atom. The second kappa shape index (κ2) is 11.7. The van der Waals surface area contributed by atoms with Crippen molar-refractivity contribution >= 4 is 27.6 Å². The lowest BCUT2D eigenvalue weighted by Gasteiger charge is -2.24. The van der Waals surface area contributed by atoms with Crippen molar-refractivity contribution in [2.45, 2.75) is 30.9 Å². The summed E-state index contributed by atoms with van der Waals surface area (Å²) in [5, 5.41) is 7.60. The normalized spacial score (nSPS) is 14.5. The number of rotatable bonds is 12. The summed E-state index contributed by atoms with van der Waals surface area (Å²) in [6.07, 6.45) is 1.66. The van der Waals surface area contributed by atoms with Crippen LogP contribution in [0.15, 0.2) is 42.7 Å². The molecule has 0 fully saturated rings. The minimum absolute atomic E-state index is 0.000494. The summed E-state index contributed by atoms with van der Waals surface area (Å²) in [7, 11) is 0.449. The van der Waals surface area contributed by atoms with Gasteiger partial charge in [0.25, 0.3) is 0 Å². The van der Waals surface area contributed by atoms with Gasteiger partial charge in [-0.2, -0.15) is 0 Å². The van der Waals surface area contributed by atoms with Crippen molar-refractivity contribution in [1.82, 2.24) is 24.7 Å². The molecule has 0 bridgehead atoms. The van der Waals surface area contributed by atoms with Crippen LogP contribution < -0.4 is 4.72 Å². The molecule has 0 aliphatic rings. The van der Waals surface area contributed by atoms with E-state index in [9.17, 15) is 8.42 Å². The Bertz CT molecular complexity index is 1160. The van der Waals surface area contributed by atoms with Gasteiger partial charge in [0.1, 0.15) is 17.6 Å². The third kappa shape index (κ3) is 5.88. The number of sulfonamides is 1. The van der Waals surface area contributed by atoms with Gasteiger partial charge in [0, 0.05) is 45.7 Å². The number of nitrogens with zero attached hydrogens (tertiary/aromatic N) is 5. The van der Waals surface area contributed by atoms with Crippen LogP contribution in [-0.4, -0.2) is 66.3 Å². The van der Waals surface area contributed by atoms with Gasteiger partial charge in [-0.3, -0.25) is 9.29 Å². The van der Waals surface area contributed by atoms with Crippen LogP contribution in [-0.2, 0) is 24.2 Å². The number of halogens is 1.